The van der Waals surface area contributed by atoms with E-state index in [1.165, 1.54) is 19.3 Å². The van der Waals surface area contributed by atoms with Gasteiger partial charge < -0.3 is 4.52 Å². The molecule has 1 aliphatic carbocycles. The lowest BCUT2D eigenvalue weighted by Gasteiger charge is -2.44. The molecule has 72 valence electrons. The maximum atomic E-state index is 5.38. The van der Waals surface area contributed by atoms with Crippen LogP contribution < -0.4 is 0 Å². The third-order valence-electron chi connectivity index (χ3n) is 2.71. The lowest BCUT2D eigenvalue weighted by molar-refractivity contribution is 0.0227. The first-order chi connectivity index (χ1) is 5.35. The monoisotopic (exact) mass is 188 g/mol. The van der Waals surface area contributed by atoms with Crippen LogP contribution in [-0.2, 0) is 4.52 Å². The van der Waals surface area contributed by atoms with E-state index in [1.807, 2.05) is 0 Å². The summed E-state index contributed by atoms with van der Waals surface area (Å²) in [7, 11) is 2.40. The summed E-state index contributed by atoms with van der Waals surface area (Å²) in [6.07, 6.45) is 4.14. The van der Waals surface area contributed by atoms with E-state index in [2.05, 4.69) is 37.2 Å². The molecule has 0 aromatic carbocycles. The molecule has 1 saturated carbocycles. The zero-order valence-electron chi connectivity index (χ0n) is 8.68. The first-order valence-electron chi connectivity index (χ1n) is 4.70. The van der Waals surface area contributed by atoms with E-state index in [0.717, 1.165) is 0 Å². The van der Waals surface area contributed by atoms with Crippen molar-refractivity contribution in [1.29, 1.82) is 0 Å². The van der Waals surface area contributed by atoms with Gasteiger partial charge in [-0.3, -0.25) is 0 Å². The summed E-state index contributed by atoms with van der Waals surface area (Å²) in [6, 6.07) is 0. The van der Waals surface area contributed by atoms with Crippen LogP contribution in [-0.4, -0.2) is 6.10 Å². The van der Waals surface area contributed by atoms with E-state index >= 15 is 0 Å². The Bertz CT molecular complexity index is 147. The Hall–Kier alpha value is 0.390. The van der Waals surface area contributed by atoms with Crippen molar-refractivity contribution in [3.8, 4) is 0 Å². The molecule has 1 aliphatic rings. The maximum Gasteiger partial charge on any atom is 0.0621 e. The zero-order chi connectivity index (χ0) is 9.41. The van der Waals surface area contributed by atoms with Gasteiger partial charge in [0.25, 0.3) is 0 Å². The van der Waals surface area contributed by atoms with Gasteiger partial charge in [-0.25, -0.2) is 0 Å². The van der Waals surface area contributed by atoms with E-state index in [-0.39, 0.29) is 0 Å². The highest BCUT2D eigenvalue weighted by atomic mass is 31.0. The highest BCUT2D eigenvalue weighted by molar-refractivity contribution is 7.09. The van der Waals surface area contributed by atoms with Crippen molar-refractivity contribution in [2.24, 2.45) is 10.8 Å². The summed E-state index contributed by atoms with van der Waals surface area (Å²) in [5, 5.41) is 0. The minimum absolute atomic E-state index is 0.439. The molecule has 12 heavy (non-hydrogen) atoms. The summed E-state index contributed by atoms with van der Waals surface area (Å²) in [6.45, 7) is 9.35. The standard InChI is InChI=1S/C10H21OP/c1-9(2)5-8(11-12)6-10(3,4)7-9/h8H,5-7,12H2,1-4H3. The lowest BCUT2D eigenvalue weighted by atomic mass is 9.64. The van der Waals surface area contributed by atoms with E-state index < -0.39 is 0 Å². The summed E-state index contributed by atoms with van der Waals surface area (Å²) >= 11 is 0. The zero-order valence-corrected chi connectivity index (χ0v) is 9.84. The van der Waals surface area contributed by atoms with Gasteiger partial charge in [0, 0.05) is 9.47 Å². The third-order valence-corrected chi connectivity index (χ3v) is 3.09. The molecule has 1 unspecified atom stereocenters. The molecule has 0 spiro atoms. The maximum absolute atomic E-state index is 5.38. The van der Waals surface area contributed by atoms with Crippen molar-refractivity contribution in [2.45, 2.75) is 53.1 Å². The van der Waals surface area contributed by atoms with Crippen molar-refractivity contribution in [3.05, 3.63) is 0 Å². The molecule has 0 saturated heterocycles. The Labute approximate surface area is 78.5 Å². The smallest absolute Gasteiger partial charge is 0.0621 e. The van der Waals surface area contributed by atoms with Gasteiger partial charge in [-0.2, -0.15) is 0 Å². The summed E-state index contributed by atoms with van der Waals surface area (Å²) in [5.74, 6) is 0. The van der Waals surface area contributed by atoms with E-state index in [9.17, 15) is 0 Å². The highest BCUT2D eigenvalue weighted by Crippen LogP contribution is 2.46. The van der Waals surface area contributed by atoms with Gasteiger partial charge >= 0.3 is 0 Å². The number of hydrogen-bond acceptors (Lipinski definition) is 1. The second-order valence-electron chi connectivity index (χ2n) is 5.67. The summed E-state index contributed by atoms with van der Waals surface area (Å²) in [5.41, 5.74) is 0.895. The molecule has 0 amide bonds. The molecular weight excluding hydrogens is 167 g/mol. The van der Waals surface area contributed by atoms with Gasteiger partial charge in [0.15, 0.2) is 0 Å². The van der Waals surface area contributed by atoms with Gasteiger partial charge in [-0.05, 0) is 30.1 Å². The number of rotatable bonds is 1. The van der Waals surface area contributed by atoms with Crippen molar-refractivity contribution in [2.75, 3.05) is 0 Å². The Morgan fingerprint density at radius 1 is 1.08 bits per heavy atom. The van der Waals surface area contributed by atoms with Gasteiger partial charge in [-0.1, -0.05) is 27.7 Å². The fourth-order valence-electron chi connectivity index (χ4n) is 2.84. The molecular formula is C10H21OP. The predicted molar refractivity (Wildman–Crippen MR) is 56.0 cm³/mol. The van der Waals surface area contributed by atoms with Gasteiger partial charge in [-0.15, -0.1) is 0 Å². The number of hydrogen-bond donors (Lipinski definition) is 0. The SMILES string of the molecule is CC1(C)CC(OP)CC(C)(C)C1. The molecule has 1 rings (SSSR count). The van der Waals surface area contributed by atoms with E-state index in [0.29, 0.717) is 16.9 Å². The highest BCUT2D eigenvalue weighted by Gasteiger charge is 2.38. The van der Waals surface area contributed by atoms with Crippen LogP contribution in [0, 0.1) is 10.8 Å². The fourth-order valence-corrected chi connectivity index (χ4v) is 3.03. The Balaban J connectivity index is 2.66. The molecule has 0 radical (unpaired) electrons. The van der Waals surface area contributed by atoms with Crippen LogP contribution in [0.4, 0.5) is 0 Å². The quantitative estimate of drug-likeness (QED) is 0.573. The van der Waals surface area contributed by atoms with Gasteiger partial charge in [0.1, 0.15) is 0 Å². The second kappa shape index (κ2) is 3.27. The van der Waals surface area contributed by atoms with Crippen LogP contribution in [0.25, 0.3) is 0 Å². The molecule has 1 fully saturated rings. The Morgan fingerprint density at radius 2 is 1.50 bits per heavy atom. The van der Waals surface area contributed by atoms with Crippen molar-refractivity contribution < 1.29 is 4.52 Å². The molecule has 0 aromatic heterocycles. The van der Waals surface area contributed by atoms with Crippen LogP contribution in [0.1, 0.15) is 47.0 Å². The fraction of sp³-hybridized carbons (Fsp3) is 1.00. The Morgan fingerprint density at radius 3 is 1.83 bits per heavy atom. The summed E-state index contributed by atoms with van der Waals surface area (Å²) < 4.78 is 5.38. The van der Waals surface area contributed by atoms with Crippen LogP contribution in [0.5, 0.6) is 0 Å². The van der Waals surface area contributed by atoms with Crippen LogP contribution in [0.15, 0.2) is 0 Å². The predicted octanol–water partition coefficient (Wildman–Crippen LogP) is 3.40. The first kappa shape index (κ1) is 10.5. The minimum Gasteiger partial charge on any atom is -0.362 e. The van der Waals surface area contributed by atoms with Crippen molar-refractivity contribution >= 4 is 9.47 Å². The van der Waals surface area contributed by atoms with Crippen molar-refractivity contribution in [3.63, 3.8) is 0 Å². The Kier molecular flexibility index (Phi) is 2.85. The van der Waals surface area contributed by atoms with Crippen LogP contribution in [0.2, 0.25) is 0 Å². The van der Waals surface area contributed by atoms with E-state index in [4.69, 9.17) is 4.52 Å². The molecule has 2 heteroatoms. The molecule has 0 heterocycles. The first-order valence-corrected chi connectivity index (χ1v) is 5.17. The topological polar surface area (TPSA) is 9.23 Å². The summed E-state index contributed by atoms with van der Waals surface area (Å²) in [4.78, 5) is 0. The average Bonchev–Trinajstić information content (AvgIpc) is 1.80. The molecule has 1 nitrogen and oxygen atoms in total. The van der Waals surface area contributed by atoms with Gasteiger partial charge in [0.2, 0.25) is 0 Å². The van der Waals surface area contributed by atoms with E-state index in [1.54, 1.807) is 0 Å². The molecule has 0 N–H and O–H groups in total. The minimum atomic E-state index is 0.439. The van der Waals surface area contributed by atoms with Crippen LogP contribution in [0.3, 0.4) is 0 Å². The van der Waals surface area contributed by atoms with Crippen molar-refractivity contribution in [1.82, 2.24) is 0 Å². The average molecular weight is 188 g/mol. The lowest BCUT2D eigenvalue weighted by Crippen LogP contribution is -2.36. The van der Waals surface area contributed by atoms with Gasteiger partial charge in [0.05, 0.1) is 6.10 Å². The largest absolute Gasteiger partial charge is 0.362 e. The molecule has 0 aliphatic heterocycles. The molecule has 1 atom stereocenters. The van der Waals surface area contributed by atoms with Crippen LogP contribution >= 0.6 is 9.47 Å². The third kappa shape index (κ3) is 2.71. The second-order valence-corrected chi connectivity index (χ2v) is 5.94. The normalized spacial score (nSPS) is 28.8. The molecule has 0 bridgehead atoms. The molecule has 0 aromatic rings.